The third-order valence-corrected chi connectivity index (χ3v) is 6.85. The Labute approximate surface area is 197 Å². The van der Waals surface area contributed by atoms with Crippen molar-refractivity contribution in [3.63, 3.8) is 0 Å². The Hall–Kier alpha value is -3.53. The molecule has 1 aliphatic rings. The maximum absolute atomic E-state index is 12.6. The molecule has 3 aromatic heterocycles. The topological polar surface area (TPSA) is 81.9 Å². The molecule has 34 heavy (non-hydrogen) atoms. The molecule has 0 radical (unpaired) electrons. The number of benzene rings is 1. The van der Waals surface area contributed by atoms with Crippen molar-refractivity contribution < 1.29 is 4.74 Å². The molecule has 180 valence electrons. The lowest BCUT2D eigenvalue weighted by atomic mass is 10.2. The van der Waals surface area contributed by atoms with Gasteiger partial charge in [-0.1, -0.05) is 12.1 Å². The fourth-order valence-electron chi connectivity index (χ4n) is 4.86. The van der Waals surface area contributed by atoms with Gasteiger partial charge in [-0.3, -0.25) is 23.2 Å². The van der Waals surface area contributed by atoms with Gasteiger partial charge >= 0.3 is 5.69 Å². The van der Waals surface area contributed by atoms with E-state index in [4.69, 9.17) is 4.74 Å². The lowest BCUT2D eigenvalue weighted by Crippen LogP contribution is -2.46. The van der Waals surface area contributed by atoms with Crippen LogP contribution in [0.25, 0.3) is 16.9 Å². The molecule has 5 rings (SSSR count). The maximum Gasteiger partial charge on any atom is 0.332 e. The second kappa shape index (κ2) is 9.02. The molecule has 1 aromatic carbocycles. The summed E-state index contributed by atoms with van der Waals surface area (Å²) in [4.78, 5) is 34.4. The predicted molar refractivity (Wildman–Crippen MR) is 132 cm³/mol. The van der Waals surface area contributed by atoms with E-state index in [2.05, 4.69) is 31.5 Å². The fraction of sp³-hybridized carbons (Fsp3) is 0.458. The molecule has 0 bridgehead atoms. The van der Waals surface area contributed by atoms with E-state index < -0.39 is 0 Å². The lowest BCUT2D eigenvalue weighted by Gasteiger charge is -2.36. The average molecular weight is 466 g/mol. The van der Waals surface area contributed by atoms with Crippen LogP contribution in [0.3, 0.4) is 0 Å². The highest BCUT2D eigenvalue weighted by atomic mass is 16.5. The first kappa shape index (κ1) is 22.3. The van der Waals surface area contributed by atoms with E-state index >= 15 is 0 Å². The van der Waals surface area contributed by atoms with Crippen molar-refractivity contribution in [3.05, 3.63) is 57.5 Å². The number of nitrogens with zero attached hydrogens (tertiary/aromatic N) is 7. The number of hydrogen-bond donors (Lipinski definition) is 0. The van der Waals surface area contributed by atoms with E-state index in [1.807, 2.05) is 24.5 Å². The monoisotopic (exact) mass is 465 g/mol. The van der Waals surface area contributed by atoms with Crippen LogP contribution in [0.2, 0.25) is 0 Å². The molecule has 0 N–H and O–H groups in total. The molecule has 0 spiro atoms. The minimum atomic E-state index is -0.365. The normalized spacial score (nSPS) is 15.0. The van der Waals surface area contributed by atoms with Crippen LogP contribution in [0, 0.1) is 0 Å². The number of rotatable bonds is 7. The quantitative estimate of drug-likeness (QED) is 0.383. The van der Waals surface area contributed by atoms with Gasteiger partial charge in [-0.25, -0.2) is 4.79 Å². The molecule has 0 atom stereocenters. The summed E-state index contributed by atoms with van der Waals surface area (Å²) in [7, 11) is 4.87. The van der Waals surface area contributed by atoms with Gasteiger partial charge in [0.25, 0.3) is 5.56 Å². The van der Waals surface area contributed by atoms with Gasteiger partial charge in [-0.05, 0) is 31.5 Å². The third-order valence-electron chi connectivity index (χ3n) is 6.85. The number of unbranched alkanes of at least 4 members (excludes halogenated alkanes) is 1. The summed E-state index contributed by atoms with van der Waals surface area (Å²) in [6.45, 7) is 5.93. The fourth-order valence-corrected chi connectivity index (χ4v) is 4.86. The van der Waals surface area contributed by atoms with Gasteiger partial charge in [0.15, 0.2) is 11.2 Å². The van der Waals surface area contributed by atoms with E-state index in [1.54, 1.807) is 18.6 Å². The number of anilines is 1. The largest absolute Gasteiger partial charge is 0.495 e. The zero-order valence-corrected chi connectivity index (χ0v) is 20.0. The van der Waals surface area contributed by atoms with Crippen LogP contribution >= 0.6 is 0 Å². The molecule has 0 aliphatic carbocycles. The molecular weight excluding hydrogens is 434 g/mol. The number of hydrogen-bond acceptors (Lipinski definition) is 6. The number of fused-ring (bicyclic) bond motifs is 3. The Morgan fingerprint density at radius 3 is 2.44 bits per heavy atom. The maximum atomic E-state index is 12.6. The van der Waals surface area contributed by atoms with Crippen molar-refractivity contribution in [1.29, 1.82) is 0 Å². The van der Waals surface area contributed by atoms with Crippen LogP contribution in [-0.4, -0.2) is 67.8 Å². The molecule has 1 aliphatic heterocycles. The number of piperazine rings is 1. The summed E-state index contributed by atoms with van der Waals surface area (Å²) in [5.41, 5.74) is 1.34. The van der Waals surface area contributed by atoms with Crippen LogP contribution in [-0.2, 0) is 20.6 Å². The average Bonchev–Trinajstić information content (AvgIpc) is 3.44. The number of para-hydroxylation sites is 2. The minimum Gasteiger partial charge on any atom is -0.495 e. The summed E-state index contributed by atoms with van der Waals surface area (Å²) in [6, 6.07) is 8.20. The number of aromatic nitrogens is 5. The zero-order chi connectivity index (χ0) is 23.8. The first-order chi connectivity index (χ1) is 16.5. The van der Waals surface area contributed by atoms with Gasteiger partial charge in [0, 0.05) is 59.2 Å². The molecule has 0 saturated carbocycles. The van der Waals surface area contributed by atoms with Gasteiger partial charge in [0.05, 0.1) is 12.8 Å². The van der Waals surface area contributed by atoms with Crippen molar-refractivity contribution in [1.82, 2.24) is 28.0 Å². The van der Waals surface area contributed by atoms with Crippen LogP contribution in [0.1, 0.15) is 12.8 Å². The van der Waals surface area contributed by atoms with Gasteiger partial charge in [0.2, 0.25) is 5.78 Å². The summed E-state index contributed by atoms with van der Waals surface area (Å²) in [6.07, 6.45) is 5.91. The lowest BCUT2D eigenvalue weighted by molar-refractivity contribution is 0.250. The molecule has 1 fully saturated rings. The molecule has 0 amide bonds. The summed E-state index contributed by atoms with van der Waals surface area (Å²) in [5.74, 6) is 1.62. The van der Waals surface area contributed by atoms with E-state index in [0.717, 1.165) is 62.4 Å². The predicted octanol–water partition coefficient (Wildman–Crippen LogP) is 1.30. The molecule has 0 unspecified atom stereocenters. The van der Waals surface area contributed by atoms with Gasteiger partial charge in [0.1, 0.15) is 5.75 Å². The van der Waals surface area contributed by atoms with E-state index in [-0.39, 0.29) is 11.2 Å². The zero-order valence-electron chi connectivity index (χ0n) is 20.0. The molecular formula is C24H31N7O3. The van der Waals surface area contributed by atoms with Crippen molar-refractivity contribution in [3.8, 4) is 5.75 Å². The SMILES string of the molecule is COc1ccccc1N1CCN(CCCCn2ccn3c4c(=O)n(C)c(=O)n(C)c4nc23)CC1. The van der Waals surface area contributed by atoms with Gasteiger partial charge in [-0.15, -0.1) is 0 Å². The van der Waals surface area contributed by atoms with E-state index in [0.29, 0.717) is 16.9 Å². The second-order valence-corrected chi connectivity index (χ2v) is 8.86. The van der Waals surface area contributed by atoms with Gasteiger partial charge in [-0.2, -0.15) is 4.98 Å². The minimum absolute atomic E-state index is 0.324. The number of ether oxygens (including phenoxy) is 1. The van der Waals surface area contributed by atoms with E-state index in [9.17, 15) is 9.59 Å². The summed E-state index contributed by atoms with van der Waals surface area (Å²) in [5, 5.41) is 0. The van der Waals surface area contributed by atoms with Crippen molar-refractivity contribution in [2.24, 2.45) is 14.1 Å². The third kappa shape index (κ3) is 3.77. The highest BCUT2D eigenvalue weighted by Crippen LogP contribution is 2.28. The molecule has 1 saturated heterocycles. The van der Waals surface area contributed by atoms with Crippen LogP contribution in [0.4, 0.5) is 5.69 Å². The number of aryl methyl sites for hydroxylation is 2. The molecule has 10 nitrogen and oxygen atoms in total. The molecule has 10 heteroatoms. The van der Waals surface area contributed by atoms with Crippen molar-refractivity contribution >= 4 is 22.6 Å². The highest BCUT2D eigenvalue weighted by Gasteiger charge is 2.20. The Bertz CT molecular complexity index is 1440. The van der Waals surface area contributed by atoms with Gasteiger partial charge < -0.3 is 14.2 Å². The first-order valence-corrected chi connectivity index (χ1v) is 11.7. The standard InChI is InChI=1S/C24H31N7O3/c1-26-21-20(22(32)27(2)24(26)33)31-17-16-30(23(31)25-21)11-7-6-10-28-12-14-29(15-13-28)18-8-4-5-9-19(18)34-3/h4-5,8-9,16-17H,6-7,10-15H2,1-3H3. The van der Waals surface area contributed by atoms with E-state index in [1.165, 1.54) is 17.3 Å². The Morgan fingerprint density at radius 1 is 0.941 bits per heavy atom. The number of imidazole rings is 2. The highest BCUT2D eigenvalue weighted by molar-refractivity contribution is 5.75. The Morgan fingerprint density at radius 2 is 1.68 bits per heavy atom. The summed E-state index contributed by atoms with van der Waals surface area (Å²) >= 11 is 0. The second-order valence-electron chi connectivity index (χ2n) is 8.86. The number of methoxy groups -OCH3 is 1. The summed E-state index contributed by atoms with van der Waals surface area (Å²) < 4.78 is 11.9. The van der Waals surface area contributed by atoms with Crippen LogP contribution in [0.5, 0.6) is 5.75 Å². The molecule has 4 aromatic rings. The Balaban J connectivity index is 1.18. The Kier molecular flexibility index (Phi) is 5.91. The molecule has 4 heterocycles. The first-order valence-electron chi connectivity index (χ1n) is 11.7. The smallest absolute Gasteiger partial charge is 0.332 e. The van der Waals surface area contributed by atoms with Crippen LogP contribution in [0.15, 0.2) is 46.2 Å². The van der Waals surface area contributed by atoms with Crippen molar-refractivity contribution in [2.75, 3.05) is 44.7 Å². The van der Waals surface area contributed by atoms with Crippen molar-refractivity contribution in [2.45, 2.75) is 19.4 Å². The van der Waals surface area contributed by atoms with Crippen LogP contribution < -0.4 is 20.9 Å².